The maximum absolute atomic E-state index is 11.1. The lowest BCUT2D eigenvalue weighted by Gasteiger charge is -2.11. The van der Waals surface area contributed by atoms with Crippen molar-refractivity contribution in [2.75, 3.05) is 10.6 Å². The van der Waals surface area contributed by atoms with Gasteiger partial charge in [0.2, 0.25) is 5.91 Å². The fourth-order valence-electron chi connectivity index (χ4n) is 1.80. The third kappa shape index (κ3) is 4.27. The van der Waals surface area contributed by atoms with Gasteiger partial charge in [0, 0.05) is 28.3 Å². The van der Waals surface area contributed by atoms with Crippen molar-refractivity contribution >= 4 is 56.1 Å². The molecule has 0 bridgehead atoms. The summed E-state index contributed by atoms with van der Waals surface area (Å²) in [6.45, 7) is 1.48. The summed E-state index contributed by atoms with van der Waals surface area (Å²) in [5.41, 5.74) is 8.89. The smallest absolute Gasteiger partial charge is 0.221 e. The van der Waals surface area contributed by atoms with Crippen LogP contribution in [0.4, 0.5) is 17.1 Å². The molecule has 0 unspecified atom stereocenters. The van der Waals surface area contributed by atoms with Crippen LogP contribution in [0.5, 0.6) is 0 Å². The third-order valence-corrected chi connectivity index (χ3v) is 3.61. The molecule has 0 saturated carbocycles. The van der Waals surface area contributed by atoms with Crippen LogP contribution in [0.3, 0.4) is 0 Å². The first kappa shape index (κ1) is 15.5. The van der Waals surface area contributed by atoms with E-state index in [2.05, 4.69) is 26.6 Å². The van der Waals surface area contributed by atoms with Crippen LogP contribution in [-0.4, -0.2) is 10.9 Å². The topological polar surface area (TPSA) is 67.2 Å². The van der Waals surface area contributed by atoms with E-state index < -0.39 is 0 Å². The zero-order valence-corrected chi connectivity index (χ0v) is 13.7. The highest BCUT2D eigenvalue weighted by Crippen LogP contribution is 2.28. The second kappa shape index (κ2) is 6.69. The van der Waals surface area contributed by atoms with Crippen LogP contribution < -0.4 is 16.4 Å². The first-order valence-electron chi connectivity index (χ1n) is 6.20. The molecule has 4 nitrogen and oxygen atoms in total. The number of rotatable bonds is 4. The molecule has 0 atom stereocenters. The normalized spacial score (nSPS) is 10.0. The minimum atomic E-state index is -0.103. The molecule has 108 valence electrons. The Kier molecular flexibility index (Phi) is 4.93. The van der Waals surface area contributed by atoms with Gasteiger partial charge in [0.25, 0.3) is 0 Å². The van der Waals surface area contributed by atoms with E-state index in [0.717, 1.165) is 27.1 Å². The minimum Gasteiger partial charge on any atom is -0.389 e. The van der Waals surface area contributed by atoms with E-state index in [1.807, 2.05) is 42.5 Å². The van der Waals surface area contributed by atoms with E-state index >= 15 is 0 Å². The average molecular weight is 364 g/mol. The van der Waals surface area contributed by atoms with Gasteiger partial charge in [-0.2, -0.15) is 0 Å². The van der Waals surface area contributed by atoms with E-state index in [-0.39, 0.29) is 5.91 Å². The molecule has 0 aliphatic carbocycles. The van der Waals surface area contributed by atoms with Gasteiger partial charge in [0.1, 0.15) is 4.99 Å². The van der Waals surface area contributed by atoms with Crippen LogP contribution in [0.1, 0.15) is 12.5 Å². The summed E-state index contributed by atoms with van der Waals surface area (Å²) in [6, 6.07) is 13.1. The van der Waals surface area contributed by atoms with Gasteiger partial charge in [0.15, 0.2) is 0 Å². The van der Waals surface area contributed by atoms with Gasteiger partial charge in [-0.15, -0.1) is 0 Å². The maximum Gasteiger partial charge on any atom is 0.221 e. The zero-order chi connectivity index (χ0) is 15.4. The van der Waals surface area contributed by atoms with Gasteiger partial charge in [-0.25, -0.2) is 0 Å². The molecule has 2 rings (SSSR count). The first-order valence-corrected chi connectivity index (χ1v) is 7.40. The van der Waals surface area contributed by atoms with Crippen molar-refractivity contribution < 1.29 is 4.79 Å². The number of carbonyl (C=O) groups excluding carboxylic acids is 1. The molecule has 1 amide bonds. The number of benzene rings is 2. The lowest BCUT2D eigenvalue weighted by Crippen LogP contribution is -2.09. The Bertz CT molecular complexity index is 703. The van der Waals surface area contributed by atoms with E-state index in [9.17, 15) is 4.79 Å². The molecule has 21 heavy (non-hydrogen) atoms. The monoisotopic (exact) mass is 363 g/mol. The van der Waals surface area contributed by atoms with Gasteiger partial charge in [0.05, 0.1) is 5.69 Å². The summed E-state index contributed by atoms with van der Waals surface area (Å²) in [7, 11) is 0. The van der Waals surface area contributed by atoms with E-state index in [1.165, 1.54) is 6.92 Å². The molecule has 0 radical (unpaired) electrons. The molecular weight excluding hydrogens is 350 g/mol. The number of hydrogen-bond acceptors (Lipinski definition) is 3. The van der Waals surface area contributed by atoms with Gasteiger partial charge < -0.3 is 16.4 Å². The number of nitrogens with one attached hydrogen (secondary N) is 2. The fraction of sp³-hybridized carbons (Fsp3) is 0.0667. The number of thiocarbonyl (C=S) groups is 1. The summed E-state index contributed by atoms with van der Waals surface area (Å²) < 4.78 is 0.859. The van der Waals surface area contributed by atoms with Crippen LogP contribution in [0, 0.1) is 0 Å². The van der Waals surface area contributed by atoms with Crippen LogP contribution in [0.2, 0.25) is 0 Å². The lowest BCUT2D eigenvalue weighted by molar-refractivity contribution is -0.114. The van der Waals surface area contributed by atoms with Crippen LogP contribution in [0.15, 0.2) is 46.9 Å². The molecule has 0 fully saturated rings. The molecular formula is C15H14BrN3OS. The number of nitrogens with two attached hydrogens (primary N) is 1. The molecule has 0 saturated heterocycles. The highest BCUT2D eigenvalue weighted by molar-refractivity contribution is 9.10. The molecule has 0 aromatic heterocycles. The largest absolute Gasteiger partial charge is 0.389 e. The molecule has 0 aliphatic rings. The van der Waals surface area contributed by atoms with Crippen molar-refractivity contribution in [2.45, 2.75) is 6.92 Å². The Hall–Kier alpha value is -1.92. The van der Waals surface area contributed by atoms with E-state index in [0.29, 0.717) is 4.99 Å². The molecule has 2 aromatic carbocycles. The average Bonchev–Trinajstić information content (AvgIpc) is 2.40. The number of halogens is 1. The number of hydrogen-bond donors (Lipinski definition) is 3. The molecule has 2 aromatic rings. The first-order chi connectivity index (χ1) is 9.95. The summed E-state index contributed by atoms with van der Waals surface area (Å²) in [5, 5.41) is 6.02. The van der Waals surface area contributed by atoms with Gasteiger partial charge in [-0.1, -0.05) is 18.3 Å². The Morgan fingerprint density at radius 3 is 2.52 bits per heavy atom. The summed E-state index contributed by atoms with van der Waals surface area (Å²) in [5.74, 6) is -0.103. The van der Waals surface area contributed by atoms with Crippen molar-refractivity contribution in [2.24, 2.45) is 5.73 Å². The number of amides is 1. The SMILES string of the molecule is CC(=O)Nc1cccc(Nc2ccc(C(N)=S)cc2Br)c1. The van der Waals surface area contributed by atoms with E-state index in [1.54, 1.807) is 0 Å². The van der Waals surface area contributed by atoms with Crippen molar-refractivity contribution in [3.05, 3.63) is 52.5 Å². The van der Waals surface area contributed by atoms with Gasteiger partial charge in [-0.3, -0.25) is 4.79 Å². The number of anilines is 3. The lowest BCUT2D eigenvalue weighted by atomic mass is 10.2. The molecule has 0 aliphatic heterocycles. The van der Waals surface area contributed by atoms with Gasteiger partial charge in [-0.05, 0) is 52.3 Å². The van der Waals surface area contributed by atoms with Crippen molar-refractivity contribution in [3.8, 4) is 0 Å². The Morgan fingerprint density at radius 2 is 1.90 bits per heavy atom. The Labute approximate surface area is 136 Å². The van der Waals surface area contributed by atoms with Crippen molar-refractivity contribution in [1.82, 2.24) is 0 Å². The van der Waals surface area contributed by atoms with Crippen molar-refractivity contribution in [1.29, 1.82) is 0 Å². The predicted octanol–water partition coefficient (Wildman–Crippen LogP) is 3.79. The molecule has 0 heterocycles. The highest BCUT2D eigenvalue weighted by Gasteiger charge is 2.04. The maximum atomic E-state index is 11.1. The Morgan fingerprint density at radius 1 is 1.19 bits per heavy atom. The molecule has 6 heteroatoms. The standard InChI is InChI=1S/C15H14BrN3OS/c1-9(20)18-11-3-2-4-12(8-11)19-14-6-5-10(15(17)21)7-13(14)16/h2-8,19H,1H3,(H2,17,21)(H,18,20). The Balaban J connectivity index is 2.22. The van der Waals surface area contributed by atoms with Crippen LogP contribution in [-0.2, 0) is 4.79 Å². The predicted molar refractivity (Wildman–Crippen MR) is 94.1 cm³/mol. The van der Waals surface area contributed by atoms with Crippen molar-refractivity contribution in [3.63, 3.8) is 0 Å². The van der Waals surface area contributed by atoms with Gasteiger partial charge >= 0.3 is 0 Å². The third-order valence-electron chi connectivity index (χ3n) is 2.72. The van der Waals surface area contributed by atoms with E-state index in [4.69, 9.17) is 18.0 Å². The van der Waals surface area contributed by atoms with Crippen LogP contribution in [0.25, 0.3) is 0 Å². The fourth-order valence-corrected chi connectivity index (χ4v) is 2.41. The zero-order valence-electron chi connectivity index (χ0n) is 11.3. The molecule has 4 N–H and O–H groups in total. The second-order valence-corrected chi connectivity index (χ2v) is 5.74. The summed E-state index contributed by atoms with van der Waals surface area (Å²) in [4.78, 5) is 11.4. The second-order valence-electron chi connectivity index (χ2n) is 4.45. The number of carbonyl (C=O) groups is 1. The van der Waals surface area contributed by atoms with Crippen LogP contribution >= 0.6 is 28.1 Å². The summed E-state index contributed by atoms with van der Waals surface area (Å²) >= 11 is 8.43. The highest BCUT2D eigenvalue weighted by atomic mass is 79.9. The summed E-state index contributed by atoms with van der Waals surface area (Å²) in [6.07, 6.45) is 0. The molecule has 0 spiro atoms. The minimum absolute atomic E-state index is 0.103. The quantitative estimate of drug-likeness (QED) is 0.723.